The smallest absolute Gasteiger partial charge is 0.313 e. The zero-order valence-electron chi connectivity index (χ0n) is 15.6. The van der Waals surface area contributed by atoms with Crippen LogP contribution in [0.2, 0.25) is 0 Å². The SMILES string of the molecule is C=C(C=CC(O)CC(O)C(C(=O)O)c1ccc(C)cc1C)c1nnnn1C. The predicted molar refractivity (Wildman–Crippen MR) is 99.9 cm³/mol. The Hall–Kier alpha value is -2.84. The topological polar surface area (TPSA) is 121 Å². The lowest BCUT2D eigenvalue weighted by atomic mass is 9.87. The molecule has 0 aliphatic carbocycles. The number of nitrogens with zero attached hydrogens (tertiary/aromatic N) is 4. The number of carbonyl (C=O) groups is 1. The Kier molecular flexibility index (Phi) is 6.59. The molecule has 0 aliphatic heterocycles. The van der Waals surface area contributed by atoms with Gasteiger partial charge in [0.1, 0.15) is 5.92 Å². The maximum absolute atomic E-state index is 11.7. The number of benzene rings is 1. The minimum atomic E-state index is -1.26. The second-order valence-electron chi connectivity index (χ2n) is 6.56. The van der Waals surface area contributed by atoms with Gasteiger partial charge in [0.15, 0.2) is 5.82 Å². The van der Waals surface area contributed by atoms with Gasteiger partial charge in [0.25, 0.3) is 0 Å². The molecule has 3 atom stereocenters. The van der Waals surface area contributed by atoms with Crippen LogP contribution in [-0.2, 0) is 11.8 Å². The molecule has 144 valence electrons. The van der Waals surface area contributed by atoms with Crippen molar-refractivity contribution in [2.24, 2.45) is 7.05 Å². The number of hydrogen-bond donors (Lipinski definition) is 3. The van der Waals surface area contributed by atoms with Crippen LogP contribution in [0.15, 0.2) is 36.9 Å². The summed E-state index contributed by atoms with van der Waals surface area (Å²) in [6.07, 6.45) is 0.529. The molecule has 0 amide bonds. The highest BCUT2D eigenvalue weighted by molar-refractivity contribution is 5.77. The first kappa shape index (κ1) is 20.5. The number of aromatic nitrogens is 4. The Balaban J connectivity index is 2.09. The van der Waals surface area contributed by atoms with Crippen molar-refractivity contribution in [3.63, 3.8) is 0 Å². The molecular formula is C19H24N4O4. The fraction of sp³-hybridized carbons (Fsp3) is 0.368. The van der Waals surface area contributed by atoms with E-state index in [1.807, 2.05) is 13.0 Å². The molecule has 0 saturated heterocycles. The van der Waals surface area contributed by atoms with Crippen molar-refractivity contribution in [3.05, 3.63) is 59.4 Å². The lowest BCUT2D eigenvalue weighted by Gasteiger charge is -2.22. The van der Waals surface area contributed by atoms with Crippen molar-refractivity contribution in [2.75, 3.05) is 0 Å². The van der Waals surface area contributed by atoms with Crippen LogP contribution in [0.3, 0.4) is 0 Å². The second kappa shape index (κ2) is 8.70. The first-order valence-corrected chi connectivity index (χ1v) is 8.46. The van der Waals surface area contributed by atoms with E-state index in [2.05, 4.69) is 22.1 Å². The van der Waals surface area contributed by atoms with E-state index in [0.29, 0.717) is 17.0 Å². The summed E-state index contributed by atoms with van der Waals surface area (Å²) >= 11 is 0. The fourth-order valence-corrected chi connectivity index (χ4v) is 2.94. The minimum Gasteiger partial charge on any atom is -0.481 e. The zero-order chi connectivity index (χ0) is 20.1. The number of aryl methyl sites for hydroxylation is 3. The normalized spacial score (nSPS) is 14.9. The number of allylic oxidation sites excluding steroid dienone is 2. The quantitative estimate of drug-likeness (QED) is 0.598. The Labute approximate surface area is 157 Å². The monoisotopic (exact) mass is 372 g/mol. The Morgan fingerprint density at radius 1 is 1.33 bits per heavy atom. The van der Waals surface area contributed by atoms with Crippen molar-refractivity contribution in [1.82, 2.24) is 20.2 Å². The summed E-state index contributed by atoms with van der Waals surface area (Å²) in [6, 6.07) is 5.38. The highest BCUT2D eigenvalue weighted by Gasteiger charge is 2.30. The molecule has 0 saturated carbocycles. The van der Waals surface area contributed by atoms with Crippen LogP contribution in [0.5, 0.6) is 0 Å². The van der Waals surface area contributed by atoms with Crippen molar-refractivity contribution in [1.29, 1.82) is 0 Å². The predicted octanol–water partition coefficient (Wildman–Crippen LogP) is 1.38. The van der Waals surface area contributed by atoms with E-state index < -0.39 is 24.1 Å². The molecule has 0 bridgehead atoms. The number of carboxylic acids is 1. The number of hydrogen-bond acceptors (Lipinski definition) is 6. The van der Waals surface area contributed by atoms with Gasteiger partial charge >= 0.3 is 5.97 Å². The van der Waals surface area contributed by atoms with Crippen LogP contribution in [-0.4, -0.2) is 53.7 Å². The molecular weight excluding hydrogens is 348 g/mol. The van der Waals surface area contributed by atoms with Crippen LogP contribution in [0.4, 0.5) is 0 Å². The van der Waals surface area contributed by atoms with Gasteiger partial charge in [0.05, 0.1) is 12.2 Å². The lowest BCUT2D eigenvalue weighted by Crippen LogP contribution is -2.29. The molecule has 1 aromatic carbocycles. The number of tetrazole rings is 1. The molecule has 27 heavy (non-hydrogen) atoms. The van der Waals surface area contributed by atoms with E-state index in [9.17, 15) is 20.1 Å². The summed E-state index contributed by atoms with van der Waals surface area (Å²) in [7, 11) is 1.66. The minimum absolute atomic E-state index is 0.134. The van der Waals surface area contributed by atoms with Gasteiger partial charge in [-0.05, 0) is 35.4 Å². The maximum atomic E-state index is 11.7. The highest BCUT2D eigenvalue weighted by atomic mass is 16.4. The average molecular weight is 372 g/mol. The second-order valence-corrected chi connectivity index (χ2v) is 6.56. The van der Waals surface area contributed by atoms with Crippen LogP contribution in [0.1, 0.15) is 34.9 Å². The molecule has 0 spiro atoms. The number of aliphatic hydroxyl groups excluding tert-OH is 2. The summed E-state index contributed by atoms with van der Waals surface area (Å²) in [6.45, 7) is 7.54. The van der Waals surface area contributed by atoms with Gasteiger partial charge in [0.2, 0.25) is 0 Å². The average Bonchev–Trinajstić information content (AvgIpc) is 3.00. The van der Waals surface area contributed by atoms with E-state index >= 15 is 0 Å². The maximum Gasteiger partial charge on any atom is 0.313 e. The summed E-state index contributed by atoms with van der Waals surface area (Å²) in [4.78, 5) is 11.7. The lowest BCUT2D eigenvalue weighted by molar-refractivity contribution is -0.142. The molecule has 2 aromatic rings. The van der Waals surface area contributed by atoms with E-state index in [1.54, 1.807) is 26.1 Å². The van der Waals surface area contributed by atoms with Gasteiger partial charge in [-0.15, -0.1) is 5.10 Å². The van der Waals surface area contributed by atoms with Gasteiger partial charge < -0.3 is 15.3 Å². The van der Waals surface area contributed by atoms with E-state index in [1.165, 1.54) is 16.8 Å². The molecule has 3 unspecified atom stereocenters. The summed E-state index contributed by atoms with van der Waals surface area (Å²) in [5.74, 6) is -1.82. The number of rotatable bonds is 8. The third-order valence-electron chi connectivity index (χ3n) is 4.32. The van der Waals surface area contributed by atoms with Crippen molar-refractivity contribution in [2.45, 2.75) is 38.4 Å². The molecule has 3 N–H and O–H groups in total. The van der Waals surface area contributed by atoms with Crippen LogP contribution < -0.4 is 0 Å². The number of aliphatic hydroxyl groups is 2. The first-order valence-electron chi connectivity index (χ1n) is 8.46. The molecule has 0 fully saturated rings. The zero-order valence-corrected chi connectivity index (χ0v) is 15.6. The summed E-state index contributed by atoms with van der Waals surface area (Å²) in [5.41, 5.74) is 2.82. The van der Waals surface area contributed by atoms with Gasteiger partial charge in [-0.1, -0.05) is 42.5 Å². The highest BCUT2D eigenvalue weighted by Crippen LogP contribution is 2.27. The standard InChI is InChI=1S/C19H24N4O4/c1-11-5-8-15(13(3)9-11)17(19(26)27)16(25)10-14(24)7-6-12(2)18-20-21-22-23(18)4/h5-9,14,16-17,24-25H,2,10H2,1,3-4H3,(H,26,27). The van der Waals surface area contributed by atoms with Crippen molar-refractivity contribution in [3.8, 4) is 0 Å². The van der Waals surface area contributed by atoms with Crippen molar-refractivity contribution < 1.29 is 20.1 Å². The molecule has 0 aliphatic rings. The molecule has 1 aromatic heterocycles. The summed E-state index contributed by atoms with van der Waals surface area (Å²) in [5, 5.41) is 41.2. The van der Waals surface area contributed by atoms with Gasteiger partial charge in [-0.25, -0.2) is 4.68 Å². The molecule has 8 nitrogen and oxygen atoms in total. The number of carboxylic acid groups (broad SMARTS) is 1. The molecule has 8 heteroatoms. The van der Waals surface area contributed by atoms with Gasteiger partial charge in [-0.3, -0.25) is 4.79 Å². The van der Waals surface area contributed by atoms with E-state index in [-0.39, 0.29) is 6.42 Å². The van der Waals surface area contributed by atoms with Crippen molar-refractivity contribution >= 4 is 11.5 Å². The summed E-state index contributed by atoms with van der Waals surface area (Å²) < 4.78 is 1.44. The molecule has 1 heterocycles. The van der Waals surface area contributed by atoms with Crippen LogP contribution >= 0.6 is 0 Å². The van der Waals surface area contributed by atoms with Crippen LogP contribution in [0.25, 0.3) is 5.57 Å². The van der Waals surface area contributed by atoms with Gasteiger partial charge in [0, 0.05) is 19.0 Å². The molecule has 2 rings (SSSR count). The number of aliphatic carboxylic acids is 1. The van der Waals surface area contributed by atoms with Gasteiger partial charge in [-0.2, -0.15) is 0 Å². The van der Waals surface area contributed by atoms with Crippen LogP contribution in [0, 0.1) is 13.8 Å². The Morgan fingerprint density at radius 2 is 2.04 bits per heavy atom. The van der Waals surface area contributed by atoms with E-state index in [0.717, 1.165) is 11.1 Å². The van der Waals surface area contributed by atoms with E-state index in [4.69, 9.17) is 0 Å². The fourth-order valence-electron chi connectivity index (χ4n) is 2.94. The Morgan fingerprint density at radius 3 is 2.59 bits per heavy atom. The Bertz CT molecular complexity index is 859. The third-order valence-corrected chi connectivity index (χ3v) is 4.32. The third kappa shape index (κ3) is 5.08. The first-order chi connectivity index (χ1) is 12.7. The molecule has 0 radical (unpaired) electrons. The largest absolute Gasteiger partial charge is 0.481 e.